The minimum Gasteiger partial charge on any atom is -0.370 e. The molecular weight excluding hydrogens is 269 g/mol. The van der Waals surface area contributed by atoms with Gasteiger partial charge in [0.2, 0.25) is 0 Å². The third-order valence-electron chi connectivity index (χ3n) is 2.38. The number of nitrogens with zero attached hydrogens (tertiary/aromatic N) is 2. The van der Waals surface area contributed by atoms with Gasteiger partial charge in [-0.3, -0.25) is 0 Å². The molecule has 0 aliphatic heterocycles. The van der Waals surface area contributed by atoms with Crippen molar-refractivity contribution in [2.45, 2.75) is 13.3 Å². The Labute approximate surface area is 116 Å². The molecule has 18 heavy (non-hydrogen) atoms. The van der Waals surface area contributed by atoms with Crippen molar-refractivity contribution in [2.24, 2.45) is 0 Å². The Bertz CT molecular complexity index is 544. The average Bonchev–Trinajstić information content (AvgIpc) is 2.36. The summed E-state index contributed by atoms with van der Waals surface area (Å²) in [6, 6.07) is 7.12. The molecule has 1 heterocycles. The highest BCUT2D eigenvalue weighted by molar-refractivity contribution is 6.36. The van der Waals surface area contributed by atoms with Gasteiger partial charge in [-0.1, -0.05) is 30.1 Å². The first-order valence-electron chi connectivity index (χ1n) is 5.73. The summed E-state index contributed by atoms with van der Waals surface area (Å²) >= 11 is 12.0. The maximum absolute atomic E-state index is 6.14. The van der Waals surface area contributed by atoms with Crippen LogP contribution in [0.3, 0.4) is 0 Å². The molecule has 0 unspecified atom stereocenters. The summed E-state index contributed by atoms with van der Waals surface area (Å²) in [5.74, 6) is 1.39. The Morgan fingerprint density at radius 1 is 1.22 bits per heavy atom. The molecule has 0 radical (unpaired) electrons. The van der Waals surface area contributed by atoms with E-state index in [0.29, 0.717) is 15.9 Å². The number of aromatic nitrogens is 2. The smallest absolute Gasteiger partial charge is 0.162 e. The van der Waals surface area contributed by atoms with Gasteiger partial charge in [-0.2, -0.15) is 0 Å². The molecule has 2 aromatic rings. The van der Waals surface area contributed by atoms with Crippen molar-refractivity contribution in [3.63, 3.8) is 0 Å². The Balaban J connectivity index is 2.32. The minimum absolute atomic E-state index is 0.551. The van der Waals surface area contributed by atoms with Gasteiger partial charge < -0.3 is 5.32 Å². The van der Waals surface area contributed by atoms with Crippen molar-refractivity contribution >= 4 is 29.0 Å². The monoisotopic (exact) mass is 281 g/mol. The van der Waals surface area contributed by atoms with Gasteiger partial charge in [0.05, 0.1) is 5.02 Å². The van der Waals surface area contributed by atoms with E-state index in [2.05, 4.69) is 22.2 Å². The number of hydrogen-bond donors (Lipinski definition) is 1. The van der Waals surface area contributed by atoms with Gasteiger partial charge in [-0.05, 0) is 30.7 Å². The molecular formula is C13H13Cl2N3. The molecule has 0 atom stereocenters. The van der Waals surface area contributed by atoms with Crippen LogP contribution in [-0.2, 0) is 0 Å². The summed E-state index contributed by atoms with van der Waals surface area (Å²) in [5, 5.41) is 4.37. The molecule has 0 aliphatic rings. The zero-order valence-corrected chi connectivity index (χ0v) is 11.5. The molecule has 0 fully saturated rings. The van der Waals surface area contributed by atoms with Crippen molar-refractivity contribution in [1.82, 2.24) is 9.97 Å². The first kappa shape index (κ1) is 13.1. The molecule has 3 nitrogen and oxygen atoms in total. The normalized spacial score (nSPS) is 10.4. The number of rotatable bonds is 4. The number of anilines is 1. The van der Waals surface area contributed by atoms with Crippen LogP contribution >= 0.6 is 23.2 Å². The van der Waals surface area contributed by atoms with E-state index in [0.717, 1.165) is 24.3 Å². The van der Waals surface area contributed by atoms with E-state index in [1.165, 1.54) is 0 Å². The zero-order valence-electron chi connectivity index (χ0n) is 9.95. The second-order valence-electron chi connectivity index (χ2n) is 3.82. The van der Waals surface area contributed by atoms with Crippen LogP contribution in [0.25, 0.3) is 11.4 Å². The second kappa shape index (κ2) is 6.03. The molecule has 1 aromatic carbocycles. The number of halogens is 2. The van der Waals surface area contributed by atoms with Crippen molar-refractivity contribution in [3.8, 4) is 11.4 Å². The van der Waals surface area contributed by atoms with Crippen LogP contribution in [0.5, 0.6) is 0 Å². The minimum atomic E-state index is 0.551. The molecule has 0 saturated heterocycles. The van der Waals surface area contributed by atoms with Gasteiger partial charge in [0.25, 0.3) is 0 Å². The third-order valence-corrected chi connectivity index (χ3v) is 2.93. The maximum Gasteiger partial charge on any atom is 0.162 e. The van der Waals surface area contributed by atoms with E-state index >= 15 is 0 Å². The highest BCUT2D eigenvalue weighted by atomic mass is 35.5. The van der Waals surface area contributed by atoms with Crippen LogP contribution in [0.15, 0.2) is 30.5 Å². The molecule has 5 heteroatoms. The van der Waals surface area contributed by atoms with Gasteiger partial charge in [0, 0.05) is 23.3 Å². The fourth-order valence-electron chi connectivity index (χ4n) is 1.51. The van der Waals surface area contributed by atoms with E-state index in [1.807, 2.05) is 12.1 Å². The first-order chi connectivity index (χ1) is 8.70. The predicted octanol–water partition coefficient (Wildman–Crippen LogP) is 4.27. The lowest BCUT2D eigenvalue weighted by Crippen LogP contribution is -2.03. The predicted molar refractivity (Wildman–Crippen MR) is 76.3 cm³/mol. The topological polar surface area (TPSA) is 37.8 Å². The highest BCUT2D eigenvalue weighted by Gasteiger charge is 2.07. The summed E-state index contributed by atoms with van der Waals surface area (Å²) in [6.45, 7) is 2.98. The largest absolute Gasteiger partial charge is 0.370 e. The van der Waals surface area contributed by atoms with Crippen LogP contribution in [0.2, 0.25) is 10.0 Å². The van der Waals surface area contributed by atoms with E-state index in [-0.39, 0.29) is 0 Å². The molecule has 2 rings (SSSR count). The molecule has 0 spiro atoms. The molecule has 94 valence electrons. The average molecular weight is 282 g/mol. The summed E-state index contributed by atoms with van der Waals surface area (Å²) in [4.78, 5) is 8.65. The molecule has 1 aromatic heterocycles. The van der Waals surface area contributed by atoms with Gasteiger partial charge in [-0.25, -0.2) is 9.97 Å². The van der Waals surface area contributed by atoms with Crippen LogP contribution in [0, 0.1) is 0 Å². The van der Waals surface area contributed by atoms with Gasteiger partial charge >= 0.3 is 0 Å². The number of nitrogens with one attached hydrogen (secondary N) is 1. The lowest BCUT2D eigenvalue weighted by atomic mass is 10.2. The van der Waals surface area contributed by atoms with Gasteiger partial charge in [0.1, 0.15) is 5.82 Å². The van der Waals surface area contributed by atoms with Crippen LogP contribution < -0.4 is 5.32 Å². The fourth-order valence-corrected chi connectivity index (χ4v) is 2.00. The molecule has 1 N–H and O–H groups in total. The van der Waals surface area contributed by atoms with Crippen molar-refractivity contribution in [2.75, 3.05) is 11.9 Å². The molecule has 0 saturated carbocycles. The van der Waals surface area contributed by atoms with E-state index in [9.17, 15) is 0 Å². The summed E-state index contributed by atoms with van der Waals surface area (Å²) in [6.07, 6.45) is 2.76. The summed E-state index contributed by atoms with van der Waals surface area (Å²) in [5.41, 5.74) is 0.779. The molecule has 0 amide bonds. The van der Waals surface area contributed by atoms with E-state index in [4.69, 9.17) is 23.2 Å². The third kappa shape index (κ3) is 3.12. The Morgan fingerprint density at radius 3 is 2.78 bits per heavy atom. The number of hydrogen-bond acceptors (Lipinski definition) is 3. The fraction of sp³-hybridized carbons (Fsp3) is 0.231. The van der Waals surface area contributed by atoms with Crippen molar-refractivity contribution in [3.05, 3.63) is 40.5 Å². The standard InChI is InChI=1S/C13H13Cl2N3/c1-2-6-16-12-5-7-17-13(18-12)10-4-3-9(14)8-11(10)15/h3-5,7-8H,2,6H2,1H3,(H,16,17,18). The molecule has 0 aliphatic carbocycles. The lowest BCUT2D eigenvalue weighted by Gasteiger charge is -2.07. The SMILES string of the molecule is CCCNc1ccnc(-c2ccc(Cl)cc2Cl)n1. The Morgan fingerprint density at radius 2 is 2.06 bits per heavy atom. The van der Waals surface area contributed by atoms with Gasteiger partial charge in [0.15, 0.2) is 5.82 Å². The zero-order chi connectivity index (χ0) is 13.0. The second-order valence-corrected chi connectivity index (χ2v) is 4.66. The van der Waals surface area contributed by atoms with Crippen molar-refractivity contribution in [1.29, 1.82) is 0 Å². The van der Waals surface area contributed by atoms with Crippen LogP contribution in [0.4, 0.5) is 5.82 Å². The van der Waals surface area contributed by atoms with Crippen LogP contribution in [-0.4, -0.2) is 16.5 Å². The first-order valence-corrected chi connectivity index (χ1v) is 6.48. The van der Waals surface area contributed by atoms with Crippen molar-refractivity contribution < 1.29 is 0 Å². The Kier molecular flexibility index (Phi) is 4.39. The van der Waals surface area contributed by atoms with Crippen LogP contribution in [0.1, 0.15) is 13.3 Å². The summed E-state index contributed by atoms with van der Waals surface area (Å²) < 4.78 is 0. The van der Waals surface area contributed by atoms with Gasteiger partial charge in [-0.15, -0.1) is 0 Å². The van der Waals surface area contributed by atoms with E-state index < -0.39 is 0 Å². The lowest BCUT2D eigenvalue weighted by molar-refractivity contribution is 0.966. The van der Waals surface area contributed by atoms with E-state index in [1.54, 1.807) is 18.3 Å². The maximum atomic E-state index is 6.14. The quantitative estimate of drug-likeness (QED) is 0.909. The summed E-state index contributed by atoms with van der Waals surface area (Å²) in [7, 11) is 0. The Hall–Kier alpha value is -1.32. The molecule has 0 bridgehead atoms. The number of benzene rings is 1. The highest BCUT2D eigenvalue weighted by Crippen LogP contribution is 2.28.